The molecule has 0 spiro atoms. The molecular formula is C20H20N2O7. The van der Waals surface area contributed by atoms with E-state index in [1.807, 2.05) is 18.2 Å². The van der Waals surface area contributed by atoms with Gasteiger partial charge in [-0.2, -0.15) is 4.98 Å². The molecular weight excluding hydrogens is 380 g/mol. The molecule has 1 heterocycles. The third-order valence-electron chi connectivity index (χ3n) is 4.05. The minimum absolute atomic E-state index is 0.149. The number of rotatable bonds is 8. The van der Waals surface area contributed by atoms with Gasteiger partial charge in [0.25, 0.3) is 5.89 Å². The maximum Gasteiger partial charge on any atom is 0.342 e. The van der Waals surface area contributed by atoms with Crippen LogP contribution in [0.3, 0.4) is 0 Å². The molecule has 0 aliphatic rings. The number of ether oxygens (including phenoxy) is 5. The van der Waals surface area contributed by atoms with Gasteiger partial charge in [0.05, 0.1) is 28.4 Å². The van der Waals surface area contributed by atoms with Crippen molar-refractivity contribution < 1.29 is 33.0 Å². The minimum Gasteiger partial charge on any atom is -0.497 e. The zero-order chi connectivity index (χ0) is 20.8. The SMILES string of the molecule is COc1cccc(-c2noc(COC(=O)c3ccc(OC)c(OC)c3OC)n2)c1. The molecule has 0 bridgehead atoms. The highest BCUT2D eigenvalue weighted by atomic mass is 16.6. The van der Waals surface area contributed by atoms with E-state index in [4.69, 9.17) is 28.2 Å². The fraction of sp³-hybridized carbons (Fsp3) is 0.250. The first-order valence-corrected chi connectivity index (χ1v) is 8.54. The van der Waals surface area contributed by atoms with Gasteiger partial charge in [-0.1, -0.05) is 17.3 Å². The average Bonchev–Trinajstić information content (AvgIpc) is 3.25. The van der Waals surface area contributed by atoms with Crippen LogP contribution in [-0.4, -0.2) is 44.5 Å². The number of methoxy groups -OCH3 is 4. The lowest BCUT2D eigenvalue weighted by Gasteiger charge is -2.14. The summed E-state index contributed by atoms with van der Waals surface area (Å²) in [5, 5.41) is 3.90. The maximum absolute atomic E-state index is 12.5. The molecule has 0 aliphatic heterocycles. The smallest absolute Gasteiger partial charge is 0.342 e. The van der Waals surface area contributed by atoms with Gasteiger partial charge in [-0.05, 0) is 24.3 Å². The topological polar surface area (TPSA) is 102 Å². The second kappa shape index (κ2) is 8.96. The van der Waals surface area contributed by atoms with Crippen LogP contribution in [0.5, 0.6) is 23.0 Å². The van der Waals surface area contributed by atoms with E-state index in [9.17, 15) is 4.79 Å². The van der Waals surface area contributed by atoms with Crippen molar-refractivity contribution in [3.63, 3.8) is 0 Å². The normalized spacial score (nSPS) is 10.3. The van der Waals surface area contributed by atoms with E-state index in [1.165, 1.54) is 27.4 Å². The number of esters is 1. The van der Waals surface area contributed by atoms with Crippen LogP contribution < -0.4 is 18.9 Å². The molecule has 0 saturated carbocycles. The first kappa shape index (κ1) is 20.0. The molecule has 9 heteroatoms. The molecule has 0 amide bonds. The summed E-state index contributed by atoms with van der Waals surface area (Å²) in [6.45, 7) is -0.201. The van der Waals surface area contributed by atoms with Crippen LogP contribution in [0, 0.1) is 0 Å². The van der Waals surface area contributed by atoms with Gasteiger partial charge >= 0.3 is 5.97 Å². The Morgan fingerprint density at radius 1 is 0.966 bits per heavy atom. The molecule has 0 unspecified atom stereocenters. The van der Waals surface area contributed by atoms with E-state index in [0.29, 0.717) is 28.6 Å². The van der Waals surface area contributed by atoms with Crippen LogP contribution in [0.2, 0.25) is 0 Å². The molecule has 0 saturated heterocycles. The van der Waals surface area contributed by atoms with Gasteiger partial charge in [0.15, 0.2) is 18.1 Å². The molecule has 3 aromatic rings. The van der Waals surface area contributed by atoms with Crippen LogP contribution in [0.4, 0.5) is 0 Å². The monoisotopic (exact) mass is 400 g/mol. The summed E-state index contributed by atoms with van der Waals surface area (Å²) >= 11 is 0. The lowest BCUT2D eigenvalue weighted by Crippen LogP contribution is -2.09. The zero-order valence-corrected chi connectivity index (χ0v) is 16.4. The predicted octanol–water partition coefficient (Wildman–Crippen LogP) is 3.13. The Labute approximate surface area is 167 Å². The zero-order valence-electron chi connectivity index (χ0n) is 16.4. The van der Waals surface area contributed by atoms with Crippen LogP contribution in [0.25, 0.3) is 11.4 Å². The number of carbonyl (C=O) groups excluding carboxylic acids is 1. The van der Waals surface area contributed by atoms with Crippen molar-refractivity contribution in [1.29, 1.82) is 0 Å². The fourth-order valence-corrected chi connectivity index (χ4v) is 2.66. The van der Waals surface area contributed by atoms with E-state index >= 15 is 0 Å². The van der Waals surface area contributed by atoms with Crippen LogP contribution in [0.15, 0.2) is 40.9 Å². The van der Waals surface area contributed by atoms with E-state index in [0.717, 1.165) is 0 Å². The van der Waals surface area contributed by atoms with Gasteiger partial charge in [-0.3, -0.25) is 0 Å². The van der Waals surface area contributed by atoms with Crippen LogP contribution >= 0.6 is 0 Å². The number of hydrogen-bond donors (Lipinski definition) is 0. The van der Waals surface area contributed by atoms with Crippen molar-refractivity contribution in [2.75, 3.05) is 28.4 Å². The average molecular weight is 400 g/mol. The molecule has 0 fully saturated rings. The van der Waals surface area contributed by atoms with Crippen LogP contribution in [-0.2, 0) is 11.3 Å². The number of carbonyl (C=O) groups is 1. The fourth-order valence-electron chi connectivity index (χ4n) is 2.66. The molecule has 9 nitrogen and oxygen atoms in total. The molecule has 0 N–H and O–H groups in total. The van der Waals surface area contributed by atoms with E-state index in [1.54, 1.807) is 19.2 Å². The summed E-state index contributed by atoms with van der Waals surface area (Å²) in [5.41, 5.74) is 0.893. The van der Waals surface area contributed by atoms with Crippen LogP contribution in [0.1, 0.15) is 16.2 Å². The third-order valence-corrected chi connectivity index (χ3v) is 4.05. The standard InChI is InChI=1S/C20H20N2O7/c1-24-13-7-5-6-12(10-13)19-21-16(29-22-19)11-28-20(23)14-8-9-15(25-2)18(27-4)17(14)26-3/h5-10H,11H2,1-4H3. The summed E-state index contributed by atoms with van der Waals surface area (Å²) in [5.74, 6) is 1.47. The summed E-state index contributed by atoms with van der Waals surface area (Å²) in [4.78, 5) is 16.8. The molecule has 1 aromatic heterocycles. The van der Waals surface area contributed by atoms with Gasteiger partial charge in [-0.15, -0.1) is 0 Å². The summed E-state index contributed by atoms with van der Waals surface area (Å²) in [7, 11) is 5.94. The Bertz CT molecular complexity index is 1000. The molecule has 0 radical (unpaired) electrons. The molecule has 0 atom stereocenters. The van der Waals surface area contributed by atoms with Crippen molar-refractivity contribution in [2.24, 2.45) is 0 Å². The Morgan fingerprint density at radius 3 is 2.45 bits per heavy atom. The molecule has 152 valence electrons. The number of hydrogen-bond acceptors (Lipinski definition) is 9. The Kier molecular flexibility index (Phi) is 6.18. The Morgan fingerprint density at radius 2 is 1.76 bits per heavy atom. The van der Waals surface area contributed by atoms with Gasteiger partial charge in [0, 0.05) is 5.56 Å². The largest absolute Gasteiger partial charge is 0.497 e. The third kappa shape index (κ3) is 4.23. The summed E-state index contributed by atoms with van der Waals surface area (Å²) in [6.07, 6.45) is 0. The predicted molar refractivity (Wildman–Crippen MR) is 102 cm³/mol. The highest BCUT2D eigenvalue weighted by molar-refractivity contribution is 5.94. The van der Waals surface area contributed by atoms with Crippen molar-refractivity contribution in [2.45, 2.75) is 6.61 Å². The highest BCUT2D eigenvalue weighted by Gasteiger charge is 2.22. The highest BCUT2D eigenvalue weighted by Crippen LogP contribution is 2.40. The lowest BCUT2D eigenvalue weighted by molar-refractivity contribution is 0.0425. The Balaban J connectivity index is 1.74. The molecule has 3 rings (SSSR count). The van der Waals surface area contributed by atoms with Gasteiger partial charge in [0.1, 0.15) is 11.3 Å². The van der Waals surface area contributed by atoms with Gasteiger partial charge in [0.2, 0.25) is 11.6 Å². The van der Waals surface area contributed by atoms with Crippen molar-refractivity contribution >= 4 is 5.97 Å². The number of nitrogens with zero attached hydrogens (tertiary/aromatic N) is 2. The number of benzene rings is 2. The van der Waals surface area contributed by atoms with E-state index < -0.39 is 5.97 Å². The van der Waals surface area contributed by atoms with Crippen molar-refractivity contribution in [3.05, 3.63) is 47.9 Å². The quantitative estimate of drug-likeness (QED) is 0.528. The second-order valence-corrected chi connectivity index (χ2v) is 5.70. The summed E-state index contributed by atoms with van der Waals surface area (Å²) in [6, 6.07) is 10.3. The van der Waals surface area contributed by atoms with E-state index in [-0.39, 0.29) is 23.8 Å². The maximum atomic E-state index is 12.5. The molecule has 29 heavy (non-hydrogen) atoms. The molecule has 0 aliphatic carbocycles. The second-order valence-electron chi connectivity index (χ2n) is 5.70. The molecule has 2 aromatic carbocycles. The lowest BCUT2D eigenvalue weighted by atomic mass is 10.1. The first-order chi connectivity index (χ1) is 14.1. The Hall–Kier alpha value is -3.75. The van der Waals surface area contributed by atoms with Crippen molar-refractivity contribution in [1.82, 2.24) is 10.1 Å². The number of aromatic nitrogens is 2. The van der Waals surface area contributed by atoms with Crippen molar-refractivity contribution in [3.8, 4) is 34.4 Å². The summed E-state index contributed by atoms with van der Waals surface area (Å²) < 4.78 is 31.4. The van der Waals surface area contributed by atoms with Gasteiger partial charge < -0.3 is 28.2 Å². The first-order valence-electron chi connectivity index (χ1n) is 8.54. The minimum atomic E-state index is -0.635. The van der Waals surface area contributed by atoms with Gasteiger partial charge in [-0.25, -0.2) is 4.79 Å². The van der Waals surface area contributed by atoms with E-state index in [2.05, 4.69) is 10.1 Å².